The van der Waals surface area contributed by atoms with Crippen molar-refractivity contribution in [3.63, 3.8) is 0 Å². The van der Waals surface area contributed by atoms with E-state index in [0.717, 1.165) is 33.5 Å². The molecule has 1 unspecified atom stereocenters. The molecule has 0 aromatic heterocycles. The minimum atomic E-state index is -0.903. The molecule has 0 radical (unpaired) electrons. The Kier molecular flexibility index (Phi) is 7.04. The normalized spacial score (nSPS) is 16.5. The zero-order chi connectivity index (χ0) is 23.4. The fraction of sp³-hybridized carbons (Fsp3) is 0.241. The van der Waals surface area contributed by atoms with Gasteiger partial charge in [-0.25, -0.2) is 0 Å². The molecule has 170 valence electrons. The number of nitrogens with one attached hydrogen (secondary N) is 1. The molecule has 0 saturated heterocycles. The van der Waals surface area contributed by atoms with Crippen molar-refractivity contribution in [1.82, 2.24) is 0 Å². The Morgan fingerprint density at radius 2 is 1.88 bits per heavy atom. The SMILES string of the molecule is CC(C)(O)c1ccccc1CC[C@H](O)c1cccc(/C=C/C2C=Cc3ccc(Cl)cc3N2)c1. The highest BCUT2D eigenvalue weighted by Gasteiger charge is 2.20. The fourth-order valence-corrected chi connectivity index (χ4v) is 4.40. The van der Waals surface area contributed by atoms with Gasteiger partial charge in [0.1, 0.15) is 0 Å². The maximum absolute atomic E-state index is 10.8. The summed E-state index contributed by atoms with van der Waals surface area (Å²) < 4.78 is 0. The first-order chi connectivity index (χ1) is 15.8. The molecule has 4 rings (SSSR count). The number of aliphatic hydroxyl groups is 2. The van der Waals surface area contributed by atoms with Crippen molar-refractivity contribution in [2.24, 2.45) is 0 Å². The number of aryl methyl sites for hydroxylation is 1. The Balaban J connectivity index is 1.41. The molecular formula is C29H30ClNO2. The summed E-state index contributed by atoms with van der Waals surface area (Å²) in [5.74, 6) is 0. The van der Waals surface area contributed by atoms with Crippen LogP contribution in [0.3, 0.4) is 0 Å². The summed E-state index contributed by atoms with van der Waals surface area (Å²) in [6, 6.07) is 21.8. The predicted octanol–water partition coefficient (Wildman–Crippen LogP) is 6.75. The number of anilines is 1. The summed E-state index contributed by atoms with van der Waals surface area (Å²) in [4.78, 5) is 0. The Labute approximate surface area is 201 Å². The van der Waals surface area contributed by atoms with E-state index in [4.69, 9.17) is 11.6 Å². The highest BCUT2D eigenvalue weighted by atomic mass is 35.5. The van der Waals surface area contributed by atoms with E-state index in [9.17, 15) is 10.2 Å². The monoisotopic (exact) mass is 459 g/mol. The van der Waals surface area contributed by atoms with Crippen LogP contribution in [0.1, 0.15) is 54.2 Å². The van der Waals surface area contributed by atoms with Gasteiger partial charge in [0, 0.05) is 10.7 Å². The summed E-state index contributed by atoms with van der Waals surface area (Å²) in [5.41, 5.74) is 5.15. The number of hydrogen-bond acceptors (Lipinski definition) is 3. The molecule has 3 aromatic rings. The molecule has 3 nitrogen and oxygen atoms in total. The Morgan fingerprint density at radius 1 is 1.06 bits per heavy atom. The van der Waals surface area contributed by atoms with Crippen LogP contribution >= 0.6 is 11.6 Å². The minimum absolute atomic E-state index is 0.0721. The maximum atomic E-state index is 10.8. The van der Waals surface area contributed by atoms with Gasteiger partial charge in [-0.3, -0.25) is 0 Å². The van der Waals surface area contributed by atoms with Crippen molar-refractivity contribution in [3.05, 3.63) is 112 Å². The number of rotatable bonds is 7. The first-order valence-corrected chi connectivity index (χ1v) is 11.7. The largest absolute Gasteiger partial charge is 0.388 e. The molecule has 1 aliphatic rings. The molecule has 1 aliphatic heterocycles. The predicted molar refractivity (Wildman–Crippen MR) is 138 cm³/mol. The molecule has 33 heavy (non-hydrogen) atoms. The molecule has 0 fully saturated rings. The van der Waals surface area contributed by atoms with E-state index in [0.29, 0.717) is 17.9 Å². The molecule has 0 spiro atoms. The van der Waals surface area contributed by atoms with Crippen LogP contribution in [0.15, 0.2) is 78.9 Å². The van der Waals surface area contributed by atoms with Crippen molar-refractivity contribution in [1.29, 1.82) is 0 Å². The molecule has 0 amide bonds. The molecular weight excluding hydrogens is 430 g/mol. The smallest absolute Gasteiger partial charge is 0.0843 e. The van der Waals surface area contributed by atoms with Gasteiger partial charge in [-0.05, 0) is 72.7 Å². The van der Waals surface area contributed by atoms with Crippen molar-refractivity contribution >= 4 is 29.4 Å². The minimum Gasteiger partial charge on any atom is -0.388 e. The third-order valence-corrected chi connectivity index (χ3v) is 6.21. The second kappa shape index (κ2) is 9.96. The van der Waals surface area contributed by atoms with Crippen LogP contribution in [-0.4, -0.2) is 16.3 Å². The van der Waals surface area contributed by atoms with Crippen molar-refractivity contribution in [2.45, 2.75) is 44.4 Å². The van der Waals surface area contributed by atoms with Crippen molar-refractivity contribution in [3.8, 4) is 0 Å². The molecule has 1 heterocycles. The molecule has 0 bridgehead atoms. The maximum Gasteiger partial charge on any atom is 0.0843 e. The number of aliphatic hydroxyl groups excluding tert-OH is 1. The number of hydrogen-bond donors (Lipinski definition) is 3. The van der Waals surface area contributed by atoms with E-state index in [2.05, 4.69) is 29.6 Å². The third-order valence-electron chi connectivity index (χ3n) is 5.98. The van der Waals surface area contributed by atoms with Crippen LogP contribution in [-0.2, 0) is 12.0 Å². The number of benzene rings is 3. The lowest BCUT2D eigenvalue weighted by Crippen LogP contribution is -2.18. The molecule has 0 aliphatic carbocycles. The fourth-order valence-electron chi connectivity index (χ4n) is 4.22. The topological polar surface area (TPSA) is 52.5 Å². The number of halogens is 1. The average Bonchev–Trinajstić information content (AvgIpc) is 2.80. The van der Waals surface area contributed by atoms with Gasteiger partial charge in [-0.2, -0.15) is 0 Å². The van der Waals surface area contributed by atoms with Crippen LogP contribution in [0, 0.1) is 0 Å². The van der Waals surface area contributed by atoms with Gasteiger partial charge in [0.25, 0.3) is 0 Å². The van der Waals surface area contributed by atoms with Gasteiger partial charge in [-0.1, -0.05) is 84.4 Å². The molecule has 2 atom stereocenters. The third kappa shape index (κ3) is 5.94. The average molecular weight is 460 g/mol. The quantitative estimate of drug-likeness (QED) is 0.366. The van der Waals surface area contributed by atoms with E-state index in [1.54, 1.807) is 13.8 Å². The van der Waals surface area contributed by atoms with Crippen molar-refractivity contribution < 1.29 is 10.2 Å². The summed E-state index contributed by atoms with van der Waals surface area (Å²) in [6.07, 6.45) is 9.09. The lowest BCUT2D eigenvalue weighted by atomic mass is 9.90. The van der Waals surface area contributed by atoms with Crippen LogP contribution in [0.5, 0.6) is 0 Å². The van der Waals surface area contributed by atoms with E-state index in [-0.39, 0.29) is 6.04 Å². The highest BCUT2D eigenvalue weighted by Crippen LogP contribution is 2.28. The summed E-state index contributed by atoms with van der Waals surface area (Å²) in [6.45, 7) is 3.59. The van der Waals surface area contributed by atoms with E-state index >= 15 is 0 Å². The van der Waals surface area contributed by atoms with Crippen LogP contribution in [0.4, 0.5) is 5.69 Å². The summed E-state index contributed by atoms with van der Waals surface area (Å²) >= 11 is 6.12. The van der Waals surface area contributed by atoms with E-state index < -0.39 is 11.7 Å². The zero-order valence-corrected chi connectivity index (χ0v) is 19.8. The molecule has 3 N–H and O–H groups in total. The zero-order valence-electron chi connectivity index (χ0n) is 19.0. The van der Waals surface area contributed by atoms with Crippen molar-refractivity contribution in [2.75, 3.05) is 5.32 Å². The van der Waals surface area contributed by atoms with Gasteiger partial charge in [0.2, 0.25) is 0 Å². The Hall–Kier alpha value is -2.85. The Morgan fingerprint density at radius 3 is 2.70 bits per heavy atom. The Bertz CT molecular complexity index is 1180. The lowest BCUT2D eigenvalue weighted by Gasteiger charge is -2.22. The van der Waals surface area contributed by atoms with Gasteiger partial charge in [0.15, 0.2) is 0 Å². The first kappa shape index (κ1) is 23.3. The molecule has 0 saturated carbocycles. The van der Waals surface area contributed by atoms with Crippen LogP contribution in [0.25, 0.3) is 12.2 Å². The standard InChI is InChI=1S/C29H30ClNO2/c1-29(2,33)26-9-4-3-7-21(26)13-17-28(32)23-8-5-6-20(18-23)10-15-25-16-12-22-11-14-24(30)19-27(22)31-25/h3-12,14-16,18-19,25,28,31-33H,13,17H2,1-2H3/b15-10+/t25?,28-/m0/s1. The molecule has 3 aromatic carbocycles. The van der Waals surface area contributed by atoms with Crippen LogP contribution < -0.4 is 5.32 Å². The number of fused-ring (bicyclic) bond motifs is 1. The van der Waals surface area contributed by atoms with E-state index in [1.807, 2.05) is 66.7 Å². The summed E-state index contributed by atoms with van der Waals surface area (Å²) in [7, 11) is 0. The highest BCUT2D eigenvalue weighted by molar-refractivity contribution is 6.31. The molecule has 4 heteroatoms. The van der Waals surface area contributed by atoms with Crippen LogP contribution in [0.2, 0.25) is 5.02 Å². The van der Waals surface area contributed by atoms with Gasteiger partial charge in [-0.15, -0.1) is 0 Å². The first-order valence-electron chi connectivity index (χ1n) is 11.3. The second-order valence-corrected chi connectivity index (χ2v) is 9.50. The van der Waals surface area contributed by atoms with Gasteiger partial charge < -0.3 is 15.5 Å². The summed E-state index contributed by atoms with van der Waals surface area (Å²) in [5, 5.41) is 25.5. The van der Waals surface area contributed by atoms with Gasteiger partial charge >= 0.3 is 0 Å². The second-order valence-electron chi connectivity index (χ2n) is 9.06. The van der Waals surface area contributed by atoms with Gasteiger partial charge in [0.05, 0.1) is 17.7 Å². The lowest BCUT2D eigenvalue weighted by molar-refractivity contribution is 0.0772. The van der Waals surface area contributed by atoms with E-state index in [1.165, 1.54) is 0 Å².